The van der Waals surface area contributed by atoms with Crippen LogP contribution < -0.4 is 5.32 Å². The fourth-order valence-electron chi connectivity index (χ4n) is 2.21. The van der Waals surface area contributed by atoms with Gasteiger partial charge in [0.15, 0.2) is 0 Å². The molecule has 1 unspecified atom stereocenters. The lowest BCUT2D eigenvalue weighted by Gasteiger charge is -2.25. The molecule has 0 bridgehead atoms. The molecule has 0 aromatic rings. The minimum Gasteiger partial charge on any atom is -0.300 e. The molecule has 17 heavy (non-hydrogen) atoms. The molecule has 0 aliphatic heterocycles. The van der Waals surface area contributed by atoms with Gasteiger partial charge in [0.1, 0.15) is 0 Å². The van der Waals surface area contributed by atoms with E-state index in [1.54, 1.807) is 0 Å². The largest absolute Gasteiger partial charge is 0.300 e. The zero-order valence-corrected chi connectivity index (χ0v) is 11.7. The first-order valence-electron chi connectivity index (χ1n) is 6.92. The van der Waals surface area contributed by atoms with Crippen LogP contribution in [0.5, 0.6) is 0 Å². The molecule has 0 aromatic heterocycles. The highest BCUT2D eigenvalue weighted by Crippen LogP contribution is 2.27. The standard InChI is InChI=1S/C14H27N3/c1-11(2)10-17(14-5-6-14)8-7-13(9-15)16-12(3)4/h11-14,16H,5-8,10H2,1-4H3. The summed E-state index contributed by atoms with van der Waals surface area (Å²) < 4.78 is 0. The molecule has 1 aliphatic rings. The smallest absolute Gasteiger partial charge is 0.0967 e. The predicted molar refractivity (Wildman–Crippen MR) is 71.7 cm³/mol. The lowest BCUT2D eigenvalue weighted by Crippen LogP contribution is -2.38. The highest BCUT2D eigenvalue weighted by atomic mass is 15.2. The molecule has 0 spiro atoms. The van der Waals surface area contributed by atoms with Crippen molar-refractivity contribution < 1.29 is 0 Å². The van der Waals surface area contributed by atoms with Gasteiger partial charge in [-0.15, -0.1) is 0 Å². The van der Waals surface area contributed by atoms with Crippen LogP contribution >= 0.6 is 0 Å². The minimum absolute atomic E-state index is 0.00316. The van der Waals surface area contributed by atoms with Crippen molar-refractivity contribution in [3.63, 3.8) is 0 Å². The van der Waals surface area contributed by atoms with Gasteiger partial charge in [-0.05, 0) is 39.0 Å². The number of nitriles is 1. The van der Waals surface area contributed by atoms with Crippen LogP contribution in [0.1, 0.15) is 47.0 Å². The fourth-order valence-corrected chi connectivity index (χ4v) is 2.21. The van der Waals surface area contributed by atoms with Crippen LogP contribution in [-0.2, 0) is 0 Å². The number of rotatable bonds is 8. The van der Waals surface area contributed by atoms with E-state index in [2.05, 4.69) is 44.0 Å². The maximum absolute atomic E-state index is 9.09. The Morgan fingerprint density at radius 3 is 2.35 bits per heavy atom. The van der Waals surface area contributed by atoms with Crippen LogP contribution in [0.15, 0.2) is 0 Å². The topological polar surface area (TPSA) is 39.1 Å². The van der Waals surface area contributed by atoms with Crippen LogP contribution in [0.2, 0.25) is 0 Å². The van der Waals surface area contributed by atoms with E-state index in [0.717, 1.165) is 19.0 Å². The SMILES string of the molecule is CC(C)CN(CCC(C#N)NC(C)C)C1CC1. The summed E-state index contributed by atoms with van der Waals surface area (Å²) in [6.45, 7) is 11.0. The van der Waals surface area contributed by atoms with E-state index >= 15 is 0 Å². The second-order valence-electron chi connectivity index (χ2n) is 5.91. The third-order valence-electron chi connectivity index (χ3n) is 3.06. The van der Waals surface area contributed by atoms with Crippen LogP contribution in [0.3, 0.4) is 0 Å². The van der Waals surface area contributed by atoms with Crippen molar-refractivity contribution in [1.29, 1.82) is 5.26 Å². The van der Waals surface area contributed by atoms with Gasteiger partial charge in [0.25, 0.3) is 0 Å². The van der Waals surface area contributed by atoms with Crippen molar-refractivity contribution in [2.75, 3.05) is 13.1 Å². The molecule has 1 fully saturated rings. The number of hydrogen-bond donors (Lipinski definition) is 1. The molecule has 0 amide bonds. The summed E-state index contributed by atoms with van der Waals surface area (Å²) in [5.74, 6) is 0.717. The van der Waals surface area contributed by atoms with Gasteiger partial charge < -0.3 is 4.90 Å². The average Bonchev–Trinajstić information content (AvgIpc) is 3.04. The summed E-state index contributed by atoms with van der Waals surface area (Å²) in [6.07, 6.45) is 3.64. The molecule has 0 saturated heterocycles. The van der Waals surface area contributed by atoms with E-state index in [1.165, 1.54) is 19.4 Å². The predicted octanol–water partition coefficient (Wildman–Crippen LogP) is 2.39. The Morgan fingerprint density at radius 1 is 1.29 bits per heavy atom. The summed E-state index contributed by atoms with van der Waals surface area (Å²) in [4.78, 5) is 2.57. The molecule has 98 valence electrons. The highest BCUT2D eigenvalue weighted by molar-refractivity contribution is 4.93. The molecule has 1 rings (SSSR count). The Hall–Kier alpha value is -0.590. The number of hydrogen-bond acceptors (Lipinski definition) is 3. The molecular formula is C14H27N3. The van der Waals surface area contributed by atoms with Crippen LogP contribution in [0.25, 0.3) is 0 Å². The maximum Gasteiger partial charge on any atom is 0.0967 e. The number of nitrogens with zero attached hydrogens (tertiary/aromatic N) is 2. The lowest BCUT2D eigenvalue weighted by atomic mass is 10.1. The van der Waals surface area contributed by atoms with Crippen molar-refractivity contribution in [1.82, 2.24) is 10.2 Å². The van der Waals surface area contributed by atoms with E-state index in [0.29, 0.717) is 12.0 Å². The van der Waals surface area contributed by atoms with Crippen molar-refractivity contribution >= 4 is 0 Å². The van der Waals surface area contributed by atoms with E-state index in [-0.39, 0.29) is 6.04 Å². The van der Waals surface area contributed by atoms with Crippen LogP contribution in [0.4, 0.5) is 0 Å². The second-order valence-corrected chi connectivity index (χ2v) is 5.91. The van der Waals surface area contributed by atoms with E-state index < -0.39 is 0 Å². The molecule has 1 N–H and O–H groups in total. The molecular weight excluding hydrogens is 210 g/mol. The molecule has 0 radical (unpaired) electrons. The fraction of sp³-hybridized carbons (Fsp3) is 0.929. The van der Waals surface area contributed by atoms with Crippen molar-refractivity contribution in [2.24, 2.45) is 5.92 Å². The molecule has 0 heterocycles. The summed E-state index contributed by atoms with van der Waals surface area (Å²) >= 11 is 0. The van der Waals surface area contributed by atoms with Crippen LogP contribution in [0, 0.1) is 17.2 Å². The zero-order chi connectivity index (χ0) is 12.8. The van der Waals surface area contributed by atoms with Crippen LogP contribution in [-0.4, -0.2) is 36.1 Å². The molecule has 0 aromatic carbocycles. The summed E-state index contributed by atoms with van der Waals surface area (Å²) in [5.41, 5.74) is 0. The second kappa shape index (κ2) is 6.98. The Kier molecular flexibility index (Phi) is 5.94. The first kappa shape index (κ1) is 14.5. The Labute approximate surface area is 106 Å². The van der Waals surface area contributed by atoms with Gasteiger partial charge >= 0.3 is 0 Å². The van der Waals surface area contributed by atoms with Gasteiger partial charge in [0.2, 0.25) is 0 Å². The zero-order valence-electron chi connectivity index (χ0n) is 11.7. The highest BCUT2D eigenvalue weighted by Gasteiger charge is 2.29. The molecule has 3 nitrogen and oxygen atoms in total. The van der Waals surface area contributed by atoms with Gasteiger partial charge in [-0.2, -0.15) is 5.26 Å². The van der Waals surface area contributed by atoms with Gasteiger partial charge in [-0.3, -0.25) is 5.32 Å². The van der Waals surface area contributed by atoms with E-state index in [4.69, 9.17) is 5.26 Å². The average molecular weight is 237 g/mol. The first-order valence-corrected chi connectivity index (χ1v) is 6.92. The summed E-state index contributed by atoms with van der Waals surface area (Å²) in [5, 5.41) is 12.4. The maximum atomic E-state index is 9.09. The minimum atomic E-state index is 0.00316. The van der Waals surface area contributed by atoms with Gasteiger partial charge in [0.05, 0.1) is 12.1 Å². The van der Waals surface area contributed by atoms with E-state index in [9.17, 15) is 0 Å². The van der Waals surface area contributed by atoms with Gasteiger partial charge in [-0.1, -0.05) is 13.8 Å². The molecule has 1 saturated carbocycles. The Balaban J connectivity index is 2.32. The third kappa shape index (κ3) is 6.05. The molecule has 3 heteroatoms. The normalized spacial score (nSPS) is 17.8. The lowest BCUT2D eigenvalue weighted by molar-refractivity contribution is 0.225. The monoisotopic (exact) mass is 237 g/mol. The van der Waals surface area contributed by atoms with Crippen molar-refractivity contribution in [2.45, 2.75) is 65.1 Å². The third-order valence-corrected chi connectivity index (χ3v) is 3.06. The molecule has 1 atom stereocenters. The Bertz CT molecular complexity index is 251. The van der Waals surface area contributed by atoms with Crippen molar-refractivity contribution in [3.8, 4) is 6.07 Å². The first-order chi connectivity index (χ1) is 8.02. The van der Waals surface area contributed by atoms with Gasteiger partial charge in [-0.25, -0.2) is 0 Å². The summed E-state index contributed by atoms with van der Waals surface area (Å²) in [6, 6.07) is 3.56. The Morgan fingerprint density at radius 2 is 1.94 bits per heavy atom. The quantitative estimate of drug-likeness (QED) is 0.704. The van der Waals surface area contributed by atoms with Crippen molar-refractivity contribution in [3.05, 3.63) is 0 Å². The summed E-state index contributed by atoms with van der Waals surface area (Å²) in [7, 11) is 0. The molecule has 1 aliphatic carbocycles. The van der Waals surface area contributed by atoms with E-state index in [1.807, 2.05) is 0 Å². The number of nitrogens with one attached hydrogen (secondary N) is 1. The van der Waals surface area contributed by atoms with Gasteiger partial charge in [0, 0.05) is 25.2 Å².